The summed E-state index contributed by atoms with van der Waals surface area (Å²) in [7, 11) is 2.66. The summed E-state index contributed by atoms with van der Waals surface area (Å²) in [6.45, 7) is 11.3. The first kappa shape index (κ1) is 80.0. The quantitative estimate of drug-likeness (QED) is 0.0421. The van der Waals surface area contributed by atoms with Crippen LogP contribution in [-0.4, -0.2) is 31.2 Å². The molecule has 0 N–H and O–H groups in total. The van der Waals surface area contributed by atoms with Gasteiger partial charge in [-0.15, -0.1) is 0 Å². The molecule has 1 nitrogen and oxygen atoms in total. The molecule has 0 aromatic heterocycles. The van der Waals surface area contributed by atoms with Gasteiger partial charge in [-0.2, -0.15) is 0 Å². The van der Waals surface area contributed by atoms with E-state index in [1.165, 1.54) is 486 Å². The number of hydrogen-bond acceptors (Lipinski definition) is 0. The summed E-state index contributed by atoms with van der Waals surface area (Å²) in [5.41, 5.74) is 0. The lowest BCUT2D eigenvalue weighted by atomic mass is 10.0. The van der Waals surface area contributed by atoms with Gasteiger partial charge in [0.2, 0.25) is 0 Å². The van der Waals surface area contributed by atoms with Gasteiger partial charge in [0.05, 0.1) is 26.7 Å². The molecule has 1 heteroatoms. The molecule has 0 fully saturated rings. The molecule has 0 aromatic rings. The summed E-state index contributed by atoms with van der Waals surface area (Å²) in [5, 5.41) is 0. The third kappa shape index (κ3) is 70.4. The Morgan fingerprint density at radius 2 is 0.188 bits per heavy atom. The van der Waals surface area contributed by atoms with Gasteiger partial charge in [-0.3, -0.25) is 0 Å². The van der Waals surface area contributed by atoms with Crippen molar-refractivity contribution in [3.8, 4) is 0 Å². The average molecular weight is 1130 g/mol. The zero-order valence-corrected chi connectivity index (χ0v) is 57.5. The maximum atomic E-state index is 2.66. The van der Waals surface area contributed by atoms with Crippen LogP contribution in [0.15, 0.2) is 0 Å². The van der Waals surface area contributed by atoms with E-state index in [0.29, 0.717) is 0 Å². The molecule has 0 aliphatic heterocycles. The van der Waals surface area contributed by atoms with Gasteiger partial charge in [0.1, 0.15) is 0 Å². The Hall–Kier alpha value is -0.0400. The summed E-state index contributed by atoms with van der Waals surface area (Å²) >= 11 is 0. The first-order valence-corrected chi connectivity index (χ1v) is 39.5. The molecule has 0 atom stereocenters. The highest BCUT2D eigenvalue weighted by Crippen LogP contribution is 2.22. The Kier molecular flexibility index (Phi) is 73.2. The van der Waals surface area contributed by atoms with Gasteiger partial charge in [0.15, 0.2) is 0 Å². The van der Waals surface area contributed by atoms with Crippen molar-refractivity contribution in [2.75, 3.05) is 26.7 Å². The topological polar surface area (TPSA) is 0 Å². The van der Waals surface area contributed by atoms with Crippen LogP contribution < -0.4 is 0 Å². The van der Waals surface area contributed by atoms with Crippen LogP contribution >= 0.6 is 0 Å². The minimum Gasteiger partial charge on any atom is -0.326 e. The lowest BCUT2D eigenvalue weighted by Gasteiger charge is -2.35. The highest BCUT2D eigenvalue weighted by atomic mass is 15.3. The standard InChI is InChI=1S/C79H162N/c1-5-8-11-14-17-20-23-26-29-32-35-38-41-44-47-50-53-56-59-62-65-68-71-74-77-80(4,78-75-72-69-66-63-60-57-54-51-48-45-42-39-36-33-30-27-24-21-18-15-12-9-6-2)79-76-73-70-67-64-61-58-55-52-49-46-43-40-37-34-31-28-25-22-19-16-13-10-7-3/h5-79H2,1-4H3/q+1. The number of rotatable bonds is 75. The Bertz CT molecular complexity index is 906. The van der Waals surface area contributed by atoms with Gasteiger partial charge in [0, 0.05) is 0 Å². The van der Waals surface area contributed by atoms with Crippen molar-refractivity contribution in [2.24, 2.45) is 0 Å². The molecule has 0 aliphatic rings. The molecule has 0 saturated heterocycles. The average Bonchev–Trinajstić information content (AvgIpc) is 3.46. The van der Waals surface area contributed by atoms with Crippen LogP contribution in [0.5, 0.6) is 0 Å². The van der Waals surface area contributed by atoms with E-state index < -0.39 is 0 Å². The number of hydrogen-bond donors (Lipinski definition) is 0. The molecule has 0 aliphatic carbocycles. The maximum absolute atomic E-state index is 2.66. The van der Waals surface area contributed by atoms with Gasteiger partial charge in [0.25, 0.3) is 0 Å². The van der Waals surface area contributed by atoms with Gasteiger partial charge >= 0.3 is 0 Å². The van der Waals surface area contributed by atoms with Crippen LogP contribution in [0, 0.1) is 0 Å². The van der Waals surface area contributed by atoms with Crippen molar-refractivity contribution >= 4 is 0 Å². The monoisotopic (exact) mass is 1130 g/mol. The van der Waals surface area contributed by atoms with Crippen molar-refractivity contribution in [3.63, 3.8) is 0 Å². The van der Waals surface area contributed by atoms with E-state index in [1.807, 2.05) is 0 Å². The number of nitrogens with zero attached hydrogens (tertiary/aromatic N) is 1. The minimum absolute atomic E-state index is 1.37. The fourth-order valence-corrected chi connectivity index (χ4v) is 13.7. The Morgan fingerprint density at radius 3 is 0.275 bits per heavy atom. The predicted molar refractivity (Wildman–Crippen MR) is 370 cm³/mol. The van der Waals surface area contributed by atoms with E-state index in [9.17, 15) is 0 Å². The molecule has 0 bridgehead atoms. The first-order valence-electron chi connectivity index (χ1n) is 39.5. The number of unbranched alkanes of at least 4 members (excludes halogenated alkanes) is 69. The van der Waals surface area contributed by atoms with Crippen LogP contribution in [0.2, 0.25) is 0 Å². The SMILES string of the molecule is CCCCCCCCCCCCCCCCCCCCCCCCCC[N+](C)(CCCCCCCCCCCCCCCCCCCCCCCCCC)CCCCCCCCCCCCCCCCCCCCCCCCCC. The molecule has 482 valence electrons. The predicted octanol–water partition coefficient (Wildman–Crippen LogP) is 29.6. The summed E-state index contributed by atoms with van der Waals surface area (Å²) in [5.74, 6) is 0. The molecule has 0 unspecified atom stereocenters. The molecule has 0 amide bonds. The fraction of sp³-hybridized carbons (Fsp3) is 1.00. The van der Waals surface area contributed by atoms with Gasteiger partial charge in [-0.25, -0.2) is 0 Å². The van der Waals surface area contributed by atoms with E-state index in [0.717, 1.165) is 0 Å². The van der Waals surface area contributed by atoms with Crippen LogP contribution in [0.1, 0.15) is 483 Å². The third-order valence-corrected chi connectivity index (χ3v) is 19.7. The van der Waals surface area contributed by atoms with E-state index >= 15 is 0 Å². The molecule has 0 aromatic carbocycles. The van der Waals surface area contributed by atoms with Crippen LogP contribution in [0.4, 0.5) is 0 Å². The molecular weight excluding hydrogens is 963 g/mol. The Balaban J connectivity index is 4.09. The molecular formula is C79H162N+. The second-order valence-corrected chi connectivity index (χ2v) is 28.2. The van der Waals surface area contributed by atoms with Crippen LogP contribution in [0.25, 0.3) is 0 Å². The summed E-state index contributed by atoms with van der Waals surface area (Å²) < 4.78 is 1.37. The lowest BCUT2D eigenvalue weighted by molar-refractivity contribution is -0.910. The lowest BCUT2D eigenvalue weighted by Crippen LogP contribution is -2.46. The molecule has 0 radical (unpaired) electrons. The Labute approximate surface area is 511 Å². The van der Waals surface area contributed by atoms with Crippen molar-refractivity contribution in [1.82, 2.24) is 0 Å². The van der Waals surface area contributed by atoms with Gasteiger partial charge < -0.3 is 4.48 Å². The molecule has 0 heterocycles. The summed E-state index contributed by atoms with van der Waals surface area (Å²) in [4.78, 5) is 0. The molecule has 0 saturated carbocycles. The summed E-state index contributed by atoms with van der Waals surface area (Å²) in [6.07, 6.45) is 107. The summed E-state index contributed by atoms with van der Waals surface area (Å²) in [6, 6.07) is 0. The smallest absolute Gasteiger partial charge is 0.0784 e. The highest BCUT2D eigenvalue weighted by molar-refractivity contribution is 4.57. The zero-order valence-electron chi connectivity index (χ0n) is 57.5. The van der Waals surface area contributed by atoms with E-state index in [2.05, 4.69) is 27.8 Å². The van der Waals surface area contributed by atoms with E-state index in [-0.39, 0.29) is 0 Å². The van der Waals surface area contributed by atoms with Crippen LogP contribution in [-0.2, 0) is 0 Å². The normalized spacial score (nSPS) is 12.0. The van der Waals surface area contributed by atoms with E-state index in [4.69, 9.17) is 0 Å². The zero-order chi connectivity index (χ0) is 57.5. The second kappa shape index (κ2) is 73.2. The van der Waals surface area contributed by atoms with Gasteiger partial charge in [-0.05, 0) is 38.5 Å². The van der Waals surface area contributed by atoms with Crippen molar-refractivity contribution in [3.05, 3.63) is 0 Å². The van der Waals surface area contributed by atoms with E-state index in [1.54, 1.807) is 0 Å². The van der Waals surface area contributed by atoms with Crippen LogP contribution in [0.3, 0.4) is 0 Å². The first-order chi connectivity index (χ1) is 39.7. The minimum atomic E-state index is 1.37. The second-order valence-electron chi connectivity index (χ2n) is 28.2. The highest BCUT2D eigenvalue weighted by Gasteiger charge is 2.20. The molecule has 0 spiro atoms. The van der Waals surface area contributed by atoms with Crippen molar-refractivity contribution in [1.29, 1.82) is 0 Å². The van der Waals surface area contributed by atoms with Crippen molar-refractivity contribution < 1.29 is 4.48 Å². The van der Waals surface area contributed by atoms with Crippen molar-refractivity contribution in [2.45, 2.75) is 483 Å². The number of quaternary nitrogens is 1. The Morgan fingerprint density at radius 1 is 0.113 bits per heavy atom. The molecule has 0 rings (SSSR count). The fourth-order valence-electron chi connectivity index (χ4n) is 13.7. The molecule has 80 heavy (non-hydrogen) atoms. The largest absolute Gasteiger partial charge is 0.326 e. The van der Waals surface area contributed by atoms with Gasteiger partial charge in [-0.1, -0.05) is 445 Å². The third-order valence-electron chi connectivity index (χ3n) is 19.7. The maximum Gasteiger partial charge on any atom is 0.0784 e.